The number of ether oxygens (including phenoxy) is 4. The Morgan fingerprint density at radius 1 is 0.951 bits per heavy atom. The van der Waals surface area contributed by atoms with Gasteiger partial charge in [0.1, 0.15) is 11.5 Å². The number of aliphatic hydroxyl groups is 1. The first kappa shape index (κ1) is 30.4. The number of rotatable bonds is 14. The second-order valence-corrected chi connectivity index (χ2v) is 10.3. The molecule has 2 saturated heterocycles. The number of aliphatic hydroxyl groups excluding tert-OH is 1. The van der Waals surface area contributed by atoms with Crippen LogP contribution >= 0.6 is 0 Å². The van der Waals surface area contributed by atoms with Crippen molar-refractivity contribution in [1.82, 2.24) is 9.80 Å². The second-order valence-electron chi connectivity index (χ2n) is 10.3. The van der Waals surface area contributed by atoms with Gasteiger partial charge in [-0.3, -0.25) is 14.5 Å². The number of carbonyl (C=O) groups is 2. The van der Waals surface area contributed by atoms with Crippen LogP contribution in [0.4, 0.5) is 0 Å². The number of benzene rings is 2. The van der Waals surface area contributed by atoms with Gasteiger partial charge in [-0.1, -0.05) is 44.9 Å². The van der Waals surface area contributed by atoms with Crippen LogP contribution in [0.1, 0.15) is 56.7 Å². The number of amides is 1. The van der Waals surface area contributed by atoms with E-state index in [2.05, 4.69) is 11.8 Å². The predicted molar refractivity (Wildman–Crippen MR) is 157 cm³/mol. The van der Waals surface area contributed by atoms with Crippen molar-refractivity contribution in [3.8, 4) is 17.2 Å². The number of morpholine rings is 1. The molecule has 0 saturated carbocycles. The highest BCUT2D eigenvalue weighted by Gasteiger charge is 2.46. The Hall–Kier alpha value is -3.56. The average molecular weight is 567 g/mol. The molecule has 2 aliphatic rings. The van der Waals surface area contributed by atoms with Gasteiger partial charge >= 0.3 is 0 Å². The summed E-state index contributed by atoms with van der Waals surface area (Å²) in [5.41, 5.74) is 1.12. The number of hydrogen-bond acceptors (Lipinski definition) is 8. The summed E-state index contributed by atoms with van der Waals surface area (Å²) in [6, 6.07) is 11.6. The lowest BCUT2D eigenvalue weighted by Gasteiger charge is -2.31. The summed E-state index contributed by atoms with van der Waals surface area (Å²) in [4.78, 5) is 30.7. The van der Waals surface area contributed by atoms with E-state index in [-0.39, 0.29) is 11.3 Å². The molecule has 2 fully saturated rings. The number of methoxy groups -OCH3 is 1. The first-order valence-electron chi connectivity index (χ1n) is 14.6. The lowest BCUT2D eigenvalue weighted by atomic mass is 9.95. The summed E-state index contributed by atoms with van der Waals surface area (Å²) < 4.78 is 22.8. The van der Waals surface area contributed by atoms with Gasteiger partial charge in [-0.05, 0) is 42.7 Å². The molecule has 2 heterocycles. The van der Waals surface area contributed by atoms with Crippen molar-refractivity contribution in [2.24, 2.45) is 0 Å². The molecule has 4 rings (SSSR count). The van der Waals surface area contributed by atoms with Gasteiger partial charge in [0.2, 0.25) is 0 Å². The summed E-state index contributed by atoms with van der Waals surface area (Å²) in [6.07, 6.45) is 3.94. The summed E-state index contributed by atoms with van der Waals surface area (Å²) in [7, 11) is 1.56. The Balaban J connectivity index is 1.72. The number of Topliss-reactive ketones (excluding diaryl/α,β-unsaturated/α-hetero) is 1. The van der Waals surface area contributed by atoms with E-state index in [1.807, 2.05) is 13.0 Å². The molecule has 1 amide bonds. The van der Waals surface area contributed by atoms with E-state index < -0.39 is 17.7 Å². The maximum atomic E-state index is 13.5. The smallest absolute Gasteiger partial charge is 0.295 e. The van der Waals surface area contributed by atoms with Gasteiger partial charge in [-0.2, -0.15) is 0 Å². The lowest BCUT2D eigenvalue weighted by molar-refractivity contribution is -0.140. The third-order valence-corrected chi connectivity index (χ3v) is 7.39. The zero-order valence-corrected chi connectivity index (χ0v) is 24.4. The fourth-order valence-corrected chi connectivity index (χ4v) is 5.15. The Kier molecular flexibility index (Phi) is 11.0. The molecule has 2 aromatic carbocycles. The van der Waals surface area contributed by atoms with Crippen LogP contribution in [0.3, 0.4) is 0 Å². The molecule has 222 valence electrons. The Bertz CT molecular complexity index is 1220. The van der Waals surface area contributed by atoms with Crippen LogP contribution in [-0.4, -0.2) is 86.3 Å². The number of ketones is 1. The average Bonchev–Trinajstić information content (AvgIpc) is 3.26. The highest BCUT2D eigenvalue weighted by Crippen LogP contribution is 2.42. The van der Waals surface area contributed by atoms with E-state index in [0.717, 1.165) is 38.8 Å². The molecule has 1 atom stereocenters. The zero-order chi connectivity index (χ0) is 29.2. The van der Waals surface area contributed by atoms with E-state index in [1.54, 1.807) is 48.4 Å². The molecule has 2 aromatic rings. The number of unbranched alkanes of at least 4 members (excludes halogenated alkanes) is 2. The van der Waals surface area contributed by atoms with Gasteiger partial charge in [0.05, 0.1) is 45.2 Å². The fraction of sp³-hybridized carbons (Fsp3) is 0.500. The van der Waals surface area contributed by atoms with Crippen molar-refractivity contribution in [2.75, 3.05) is 59.7 Å². The molecular weight excluding hydrogens is 524 g/mol. The Morgan fingerprint density at radius 2 is 1.76 bits per heavy atom. The second kappa shape index (κ2) is 14.9. The summed E-state index contributed by atoms with van der Waals surface area (Å²) in [5.74, 6) is 0.102. The maximum Gasteiger partial charge on any atom is 0.295 e. The SMILES string of the molecule is CCCCCOc1ccc(C2C(=C(O)c3cccc(OCCC)c3)C(=O)C(=O)N2CCN2CCOCC2)cc1OC. The lowest BCUT2D eigenvalue weighted by Crippen LogP contribution is -2.42. The molecule has 9 nitrogen and oxygen atoms in total. The van der Waals surface area contributed by atoms with Gasteiger partial charge in [-0.25, -0.2) is 0 Å². The predicted octanol–water partition coefficient (Wildman–Crippen LogP) is 4.81. The number of nitrogens with zero attached hydrogens (tertiary/aromatic N) is 2. The van der Waals surface area contributed by atoms with Gasteiger partial charge in [0, 0.05) is 31.7 Å². The summed E-state index contributed by atoms with van der Waals surface area (Å²) in [6.45, 7) is 8.95. The summed E-state index contributed by atoms with van der Waals surface area (Å²) >= 11 is 0. The molecule has 2 aliphatic heterocycles. The van der Waals surface area contributed by atoms with Gasteiger partial charge in [0.15, 0.2) is 11.5 Å². The number of hydrogen-bond donors (Lipinski definition) is 1. The van der Waals surface area contributed by atoms with Crippen molar-refractivity contribution >= 4 is 17.4 Å². The summed E-state index contributed by atoms with van der Waals surface area (Å²) in [5, 5.41) is 11.5. The van der Waals surface area contributed by atoms with Gasteiger partial charge in [-0.15, -0.1) is 0 Å². The standard InChI is InChI=1S/C32H42N2O7/c1-4-6-7-18-41-26-12-11-23(22-27(26)38-3)29-28(30(35)24-9-8-10-25(21-24)40-17-5-2)31(36)32(37)34(29)14-13-33-15-19-39-20-16-33/h8-12,21-22,29,35H,4-7,13-20H2,1-3H3. The molecular formula is C32H42N2O7. The van der Waals surface area contributed by atoms with Crippen LogP contribution in [0.2, 0.25) is 0 Å². The third-order valence-electron chi connectivity index (χ3n) is 7.39. The monoisotopic (exact) mass is 566 g/mol. The minimum atomic E-state index is -0.792. The molecule has 1 unspecified atom stereocenters. The first-order valence-corrected chi connectivity index (χ1v) is 14.6. The van der Waals surface area contributed by atoms with Crippen LogP contribution < -0.4 is 14.2 Å². The zero-order valence-electron chi connectivity index (χ0n) is 24.4. The first-order chi connectivity index (χ1) is 20.0. The molecule has 0 spiro atoms. The molecule has 41 heavy (non-hydrogen) atoms. The van der Waals surface area contributed by atoms with Crippen LogP contribution in [0.5, 0.6) is 17.2 Å². The normalized spacial score (nSPS) is 19.0. The largest absolute Gasteiger partial charge is 0.507 e. The molecule has 0 bridgehead atoms. The van der Waals surface area contributed by atoms with Crippen LogP contribution in [0.15, 0.2) is 48.0 Å². The van der Waals surface area contributed by atoms with E-state index in [4.69, 9.17) is 18.9 Å². The number of likely N-dealkylation sites (tertiary alicyclic amines) is 1. The van der Waals surface area contributed by atoms with Gasteiger partial charge in [0.25, 0.3) is 11.7 Å². The third kappa shape index (κ3) is 7.40. The van der Waals surface area contributed by atoms with E-state index in [0.29, 0.717) is 67.9 Å². The van der Waals surface area contributed by atoms with Crippen molar-refractivity contribution in [1.29, 1.82) is 0 Å². The minimum absolute atomic E-state index is 0.0447. The fourth-order valence-electron chi connectivity index (χ4n) is 5.15. The Morgan fingerprint density at radius 3 is 2.49 bits per heavy atom. The molecule has 1 N–H and O–H groups in total. The number of carbonyl (C=O) groups excluding carboxylic acids is 2. The van der Waals surface area contributed by atoms with E-state index in [9.17, 15) is 14.7 Å². The minimum Gasteiger partial charge on any atom is -0.507 e. The maximum absolute atomic E-state index is 13.5. The van der Waals surface area contributed by atoms with Gasteiger partial charge < -0.3 is 29.0 Å². The highest BCUT2D eigenvalue weighted by molar-refractivity contribution is 6.46. The van der Waals surface area contributed by atoms with Crippen molar-refractivity contribution in [3.05, 3.63) is 59.2 Å². The van der Waals surface area contributed by atoms with Crippen LogP contribution in [0.25, 0.3) is 5.76 Å². The molecule has 0 aliphatic carbocycles. The van der Waals surface area contributed by atoms with Crippen molar-refractivity contribution in [2.45, 2.75) is 45.6 Å². The molecule has 0 radical (unpaired) electrons. The van der Waals surface area contributed by atoms with Crippen LogP contribution in [-0.2, 0) is 14.3 Å². The van der Waals surface area contributed by atoms with Crippen molar-refractivity contribution in [3.63, 3.8) is 0 Å². The van der Waals surface area contributed by atoms with Crippen molar-refractivity contribution < 1.29 is 33.6 Å². The quantitative estimate of drug-likeness (QED) is 0.151. The molecule has 9 heteroatoms. The molecule has 0 aromatic heterocycles. The topological polar surface area (TPSA) is 97.8 Å². The van der Waals surface area contributed by atoms with Crippen LogP contribution in [0, 0.1) is 0 Å². The van der Waals surface area contributed by atoms with E-state index in [1.165, 1.54) is 0 Å². The highest BCUT2D eigenvalue weighted by atomic mass is 16.5. The van der Waals surface area contributed by atoms with E-state index >= 15 is 0 Å². The Labute approximate surface area is 242 Å².